The number of hydrogen-bond donors (Lipinski definition) is 1. The van der Waals surface area contributed by atoms with Gasteiger partial charge < -0.3 is 5.11 Å². The number of aliphatic hydroxyl groups is 1. The Balaban J connectivity index is 2.54. The highest BCUT2D eigenvalue weighted by Gasteiger charge is 2.53. The second kappa shape index (κ2) is 6.29. The monoisotopic (exact) mass is 307 g/mol. The highest BCUT2D eigenvalue weighted by Crippen LogP contribution is 2.49. The van der Waals surface area contributed by atoms with Crippen LogP contribution >= 0.6 is 0 Å². The van der Waals surface area contributed by atoms with Crippen molar-refractivity contribution in [2.75, 3.05) is 0 Å². The Morgan fingerprint density at radius 3 is 2.27 bits per heavy atom. The average molecular weight is 307 g/mol. The molecule has 4 atom stereocenters. The van der Waals surface area contributed by atoms with Gasteiger partial charge >= 0.3 is 0 Å². The van der Waals surface area contributed by atoms with Crippen molar-refractivity contribution >= 4 is 0 Å². The molecule has 4 unspecified atom stereocenters. The van der Waals surface area contributed by atoms with Crippen molar-refractivity contribution in [1.82, 2.24) is 4.90 Å². The van der Waals surface area contributed by atoms with Crippen LogP contribution in [0.5, 0.6) is 0 Å². The van der Waals surface area contributed by atoms with Crippen LogP contribution in [0.2, 0.25) is 0 Å². The normalized spacial score (nSPS) is 30.2. The van der Waals surface area contributed by atoms with Crippen molar-refractivity contribution in [2.24, 2.45) is 11.3 Å². The van der Waals surface area contributed by atoms with Gasteiger partial charge in [-0.3, -0.25) is 4.90 Å². The third kappa shape index (κ3) is 2.93. The van der Waals surface area contributed by atoms with E-state index in [9.17, 15) is 9.50 Å². The molecular weight excluding hydrogens is 277 g/mol. The molecule has 1 saturated heterocycles. The van der Waals surface area contributed by atoms with E-state index in [1.165, 1.54) is 6.07 Å². The number of rotatable bonds is 3. The lowest BCUT2D eigenvalue weighted by molar-refractivity contribution is 0.0485. The summed E-state index contributed by atoms with van der Waals surface area (Å²) in [6, 6.07) is 7.13. The van der Waals surface area contributed by atoms with Gasteiger partial charge in [0.1, 0.15) is 5.82 Å². The SMILES string of the molecule is CCC1C(C(C)(C)C)C(O)C(c2ccccc2F)N1C(C)C. The van der Waals surface area contributed by atoms with Crippen LogP contribution < -0.4 is 0 Å². The van der Waals surface area contributed by atoms with Gasteiger partial charge in [-0.05, 0) is 31.7 Å². The van der Waals surface area contributed by atoms with Crippen LogP contribution in [0, 0.1) is 17.2 Å². The number of aliphatic hydroxyl groups excluding tert-OH is 1. The van der Waals surface area contributed by atoms with E-state index in [0.717, 1.165) is 6.42 Å². The number of hydrogen-bond acceptors (Lipinski definition) is 2. The summed E-state index contributed by atoms with van der Waals surface area (Å²) in [6.45, 7) is 12.9. The third-order valence-electron chi connectivity index (χ3n) is 5.05. The lowest BCUT2D eigenvalue weighted by Crippen LogP contribution is -2.41. The lowest BCUT2D eigenvalue weighted by atomic mass is 9.73. The van der Waals surface area contributed by atoms with Gasteiger partial charge in [-0.25, -0.2) is 4.39 Å². The van der Waals surface area contributed by atoms with Crippen LogP contribution in [0.3, 0.4) is 0 Å². The van der Waals surface area contributed by atoms with Gasteiger partial charge in [0.2, 0.25) is 0 Å². The second-order valence-electron chi connectivity index (χ2n) is 7.87. The molecule has 0 spiro atoms. The molecule has 3 heteroatoms. The van der Waals surface area contributed by atoms with Crippen LogP contribution in [0.15, 0.2) is 24.3 Å². The number of benzene rings is 1. The van der Waals surface area contributed by atoms with Gasteiger partial charge in [0.05, 0.1) is 12.1 Å². The highest BCUT2D eigenvalue weighted by atomic mass is 19.1. The molecular formula is C19H30FNO. The van der Waals surface area contributed by atoms with Crippen molar-refractivity contribution in [3.8, 4) is 0 Å². The van der Waals surface area contributed by atoms with E-state index in [1.807, 2.05) is 12.1 Å². The van der Waals surface area contributed by atoms with Crippen molar-refractivity contribution < 1.29 is 9.50 Å². The smallest absolute Gasteiger partial charge is 0.128 e. The molecule has 0 radical (unpaired) electrons. The van der Waals surface area contributed by atoms with Gasteiger partial charge in [0, 0.05) is 23.6 Å². The van der Waals surface area contributed by atoms with Crippen LogP contribution in [-0.2, 0) is 0 Å². The van der Waals surface area contributed by atoms with E-state index in [2.05, 4.69) is 46.4 Å². The van der Waals surface area contributed by atoms with E-state index >= 15 is 0 Å². The average Bonchev–Trinajstić information content (AvgIpc) is 2.72. The molecule has 1 heterocycles. The van der Waals surface area contributed by atoms with Gasteiger partial charge in [-0.15, -0.1) is 0 Å². The van der Waals surface area contributed by atoms with Gasteiger partial charge in [-0.1, -0.05) is 45.9 Å². The van der Waals surface area contributed by atoms with Gasteiger partial charge in [0.15, 0.2) is 0 Å². The zero-order valence-corrected chi connectivity index (χ0v) is 14.7. The molecule has 0 aromatic heterocycles. The quantitative estimate of drug-likeness (QED) is 0.895. The highest BCUT2D eigenvalue weighted by molar-refractivity contribution is 5.26. The van der Waals surface area contributed by atoms with E-state index in [4.69, 9.17) is 0 Å². The first-order chi connectivity index (χ1) is 10.2. The largest absolute Gasteiger partial charge is 0.391 e. The third-order valence-corrected chi connectivity index (χ3v) is 5.05. The van der Waals surface area contributed by atoms with Crippen LogP contribution in [-0.4, -0.2) is 28.2 Å². The molecule has 22 heavy (non-hydrogen) atoms. The Morgan fingerprint density at radius 2 is 1.82 bits per heavy atom. The molecule has 0 saturated carbocycles. The molecule has 1 aliphatic heterocycles. The van der Waals surface area contributed by atoms with Crippen molar-refractivity contribution in [3.63, 3.8) is 0 Å². The first-order valence-corrected chi connectivity index (χ1v) is 8.40. The molecule has 1 aromatic carbocycles. The Bertz CT molecular complexity index is 508. The van der Waals surface area contributed by atoms with Crippen molar-refractivity contribution in [2.45, 2.75) is 72.2 Å². The number of likely N-dealkylation sites (tertiary alicyclic amines) is 1. The summed E-state index contributed by atoms with van der Waals surface area (Å²) in [5.41, 5.74) is 0.599. The van der Waals surface area contributed by atoms with E-state index in [1.54, 1.807) is 6.07 Å². The molecule has 1 aromatic rings. The summed E-state index contributed by atoms with van der Waals surface area (Å²) in [7, 11) is 0. The predicted octanol–water partition coefficient (Wildman–Crippen LogP) is 4.39. The Kier molecular flexibility index (Phi) is 4.98. The maximum absolute atomic E-state index is 14.4. The maximum atomic E-state index is 14.4. The fourth-order valence-electron chi connectivity index (χ4n) is 4.31. The molecule has 1 aliphatic rings. The Labute approximate surface area is 134 Å². The van der Waals surface area contributed by atoms with E-state index < -0.39 is 6.10 Å². The summed E-state index contributed by atoms with van der Waals surface area (Å²) >= 11 is 0. The van der Waals surface area contributed by atoms with Gasteiger partial charge in [-0.2, -0.15) is 0 Å². The molecule has 0 bridgehead atoms. The molecule has 1 N–H and O–H groups in total. The Morgan fingerprint density at radius 1 is 1.23 bits per heavy atom. The fraction of sp³-hybridized carbons (Fsp3) is 0.684. The van der Waals surface area contributed by atoms with Gasteiger partial charge in [0.25, 0.3) is 0 Å². The predicted molar refractivity (Wildman–Crippen MR) is 89.1 cm³/mol. The first kappa shape index (κ1) is 17.4. The standard InChI is InChI=1S/C19H30FNO/c1-7-15-16(19(4,5)6)18(22)17(21(15)12(2)3)13-10-8-9-11-14(13)20/h8-12,15-18,22H,7H2,1-6H3. The minimum absolute atomic E-state index is 0.0206. The second-order valence-corrected chi connectivity index (χ2v) is 7.87. The lowest BCUT2D eigenvalue weighted by Gasteiger charge is -2.37. The minimum Gasteiger partial charge on any atom is -0.391 e. The van der Waals surface area contributed by atoms with Crippen LogP contribution in [0.4, 0.5) is 4.39 Å². The minimum atomic E-state index is -0.552. The fourth-order valence-corrected chi connectivity index (χ4v) is 4.31. The zero-order valence-electron chi connectivity index (χ0n) is 14.7. The summed E-state index contributed by atoms with van der Waals surface area (Å²) in [5.74, 6) is -0.0916. The summed E-state index contributed by atoms with van der Waals surface area (Å²) < 4.78 is 14.4. The first-order valence-electron chi connectivity index (χ1n) is 8.40. The zero-order chi connectivity index (χ0) is 16.7. The molecule has 2 rings (SSSR count). The summed E-state index contributed by atoms with van der Waals surface area (Å²) in [6.07, 6.45) is 0.409. The summed E-state index contributed by atoms with van der Waals surface area (Å²) in [5, 5.41) is 11.1. The molecule has 0 amide bonds. The topological polar surface area (TPSA) is 23.5 Å². The molecule has 1 fully saturated rings. The van der Waals surface area contributed by atoms with Crippen LogP contribution in [0.25, 0.3) is 0 Å². The maximum Gasteiger partial charge on any atom is 0.128 e. The van der Waals surface area contributed by atoms with E-state index in [-0.39, 0.29) is 35.3 Å². The van der Waals surface area contributed by atoms with Crippen molar-refractivity contribution in [1.29, 1.82) is 0 Å². The number of halogens is 1. The molecule has 0 aliphatic carbocycles. The van der Waals surface area contributed by atoms with E-state index in [0.29, 0.717) is 5.56 Å². The Hall–Kier alpha value is -0.930. The van der Waals surface area contributed by atoms with Crippen molar-refractivity contribution in [3.05, 3.63) is 35.6 Å². The summed E-state index contributed by atoms with van der Waals surface area (Å²) in [4.78, 5) is 2.32. The van der Waals surface area contributed by atoms with Crippen LogP contribution in [0.1, 0.15) is 59.6 Å². The molecule has 124 valence electrons. The number of nitrogens with zero attached hydrogens (tertiary/aromatic N) is 1. The molecule has 2 nitrogen and oxygen atoms in total.